The lowest BCUT2D eigenvalue weighted by atomic mass is 9.95. The highest BCUT2D eigenvalue weighted by atomic mass is 79.9. The minimum atomic E-state index is 0.0618. The minimum Gasteiger partial charge on any atom is -0.324 e. The van der Waals surface area contributed by atoms with Crippen LogP contribution in [0.5, 0.6) is 0 Å². The summed E-state index contributed by atoms with van der Waals surface area (Å²) in [6.07, 6.45) is 0.872. The molecule has 0 heterocycles. The van der Waals surface area contributed by atoms with Crippen LogP contribution in [-0.2, 0) is 6.42 Å². The Bertz CT molecular complexity index is 531. The van der Waals surface area contributed by atoms with Crippen LogP contribution in [0, 0.1) is 13.8 Å². The van der Waals surface area contributed by atoms with Crippen molar-refractivity contribution in [3.05, 3.63) is 69.2 Å². The van der Waals surface area contributed by atoms with Gasteiger partial charge >= 0.3 is 0 Å². The fraction of sp³-hybridized carbons (Fsp3) is 0.250. The maximum Gasteiger partial charge on any atom is 0.0338 e. The van der Waals surface area contributed by atoms with E-state index in [0.29, 0.717) is 0 Å². The van der Waals surface area contributed by atoms with Crippen molar-refractivity contribution in [1.29, 1.82) is 0 Å². The summed E-state index contributed by atoms with van der Waals surface area (Å²) in [4.78, 5) is 0. The van der Waals surface area contributed by atoms with Crippen molar-refractivity contribution < 1.29 is 0 Å². The first-order chi connectivity index (χ1) is 8.56. The maximum atomic E-state index is 6.30. The summed E-state index contributed by atoms with van der Waals surface area (Å²) < 4.78 is 1.10. The van der Waals surface area contributed by atoms with Crippen LogP contribution in [0.3, 0.4) is 0 Å². The minimum absolute atomic E-state index is 0.0618. The Morgan fingerprint density at radius 2 is 1.72 bits per heavy atom. The predicted molar refractivity (Wildman–Crippen MR) is 80.7 cm³/mol. The van der Waals surface area contributed by atoms with E-state index in [0.717, 1.165) is 10.9 Å². The predicted octanol–water partition coefficient (Wildman–Crippen LogP) is 4.31. The molecule has 18 heavy (non-hydrogen) atoms. The highest BCUT2D eigenvalue weighted by molar-refractivity contribution is 9.10. The van der Waals surface area contributed by atoms with Gasteiger partial charge in [-0.1, -0.05) is 51.8 Å². The van der Waals surface area contributed by atoms with Crippen LogP contribution in [0.15, 0.2) is 46.9 Å². The molecular weight excluding hydrogens is 286 g/mol. The summed E-state index contributed by atoms with van der Waals surface area (Å²) >= 11 is 3.44. The van der Waals surface area contributed by atoms with Crippen molar-refractivity contribution in [2.75, 3.05) is 0 Å². The van der Waals surface area contributed by atoms with Crippen LogP contribution in [0.2, 0.25) is 0 Å². The van der Waals surface area contributed by atoms with E-state index in [4.69, 9.17) is 5.73 Å². The molecule has 0 bridgehead atoms. The Labute approximate surface area is 117 Å². The first-order valence-electron chi connectivity index (χ1n) is 6.13. The Balaban J connectivity index is 2.16. The molecule has 0 aliphatic heterocycles. The third-order valence-electron chi connectivity index (χ3n) is 3.19. The Morgan fingerprint density at radius 1 is 1.06 bits per heavy atom. The molecule has 0 saturated heterocycles. The van der Waals surface area contributed by atoms with Crippen molar-refractivity contribution in [2.45, 2.75) is 26.3 Å². The second-order valence-electron chi connectivity index (χ2n) is 4.80. The highest BCUT2D eigenvalue weighted by Gasteiger charge is 2.09. The van der Waals surface area contributed by atoms with Crippen LogP contribution >= 0.6 is 15.9 Å². The third kappa shape index (κ3) is 3.21. The molecule has 2 aromatic rings. The van der Waals surface area contributed by atoms with Crippen molar-refractivity contribution in [1.82, 2.24) is 0 Å². The molecule has 2 aromatic carbocycles. The lowest BCUT2D eigenvalue weighted by molar-refractivity contribution is 0.716. The summed E-state index contributed by atoms with van der Waals surface area (Å²) in [5, 5.41) is 0. The summed E-state index contributed by atoms with van der Waals surface area (Å²) in [6, 6.07) is 14.9. The van der Waals surface area contributed by atoms with Gasteiger partial charge in [-0.05, 0) is 49.1 Å². The van der Waals surface area contributed by atoms with Crippen molar-refractivity contribution in [2.24, 2.45) is 5.73 Å². The van der Waals surface area contributed by atoms with Crippen LogP contribution in [0.4, 0.5) is 0 Å². The van der Waals surface area contributed by atoms with Crippen LogP contribution in [-0.4, -0.2) is 0 Å². The molecule has 94 valence electrons. The molecule has 0 spiro atoms. The van der Waals surface area contributed by atoms with Gasteiger partial charge in [0.2, 0.25) is 0 Å². The molecule has 1 atom stereocenters. The molecule has 1 nitrogen and oxygen atoms in total. The van der Waals surface area contributed by atoms with Gasteiger partial charge in [0.25, 0.3) is 0 Å². The monoisotopic (exact) mass is 303 g/mol. The van der Waals surface area contributed by atoms with E-state index in [1.807, 2.05) is 0 Å². The van der Waals surface area contributed by atoms with E-state index >= 15 is 0 Å². The number of hydrogen-bond donors (Lipinski definition) is 1. The summed E-state index contributed by atoms with van der Waals surface area (Å²) in [5.41, 5.74) is 11.4. The zero-order valence-electron chi connectivity index (χ0n) is 10.8. The number of halogens is 1. The fourth-order valence-corrected chi connectivity index (χ4v) is 2.49. The van der Waals surface area contributed by atoms with Crippen LogP contribution in [0.25, 0.3) is 0 Å². The number of rotatable bonds is 3. The van der Waals surface area contributed by atoms with Gasteiger partial charge < -0.3 is 5.73 Å². The molecule has 0 aromatic heterocycles. The topological polar surface area (TPSA) is 26.0 Å². The van der Waals surface area contributed by atoms with E-state index in [1.54, 1.807) is 0 Å². The van der Waals surface area contributed by atoms with E-state index in [9.17, 15) is 0 Å². The molecule has 2 N–H and O–H groups in total. The Hall–Kier alpha value is -1.12. The fourth-order valence-electron chi connectivity index (χ4n) is 2.23. The second kappa shape index (κ2) is 5.68. The lowest BCUT2D eigenvalue weighted by Gasteiger charge is -2.15. The molecule has 0 aliphatic carbocycles. The van der Waals surface area contributed by atoms with Gasteiger partial charge in [-0.15, -0.1) is 0 Å². The van der Waals surface area contributed by atoms with Gasteiger partial charge in [0.1, 0.15) is 0 Å². The zero-order valence-corrected chi connectivity index (χ0v) is 12.4. The first-order valence-corrected chi connectivity index (χ1v) is 6.93. The third-order valence-corrected chi connectivity index (χ3v) is 3.72. The van der Waals surface area contributed by atoms with E-state index in [2.05, 4.69) is 72.2 Å². The number of aryl methyl sites for hydroxylation is 2. The van der Waals surface area contributed by atoms with Gasteiger partial charge in [0, 0.05) is 10.5 Å². The average Bonchev–Trinajstić information content (AvgIpc) is 2.32. The molecular formula is C16H18BrN. The summed E-state index contributed by atoms with van der Waals surface area (Å²) in [6.45, 7) is 4.24. The largest absolute Gasteiger partial charge is 0.324 e. The van der Waals surface area contributed by atoms with Gasteiger partial charge in [-0.3, -0.25) is 0 Å². The molecule has 2 heteroatoms. The quantitative estimate of drug-likeness (QED) is 0.898. The smallest absolute Gasteiger partial charge is 0.0338 e. The second-order valence-corrected chi connectivity index (χ2v) is 5.71. The average molecular weight is 304 g/mol. The zero-order chi connectivity index (χ0) is 13.1. The number of nitrogens with two attached hydrogens (primary N) is 1. The van der Waals surface area contributed by atoms with E-state index in [-0.39, 0.29) is 6.04 Å². The Morgan fingerprint density at radius 3 is 2.33 bits per heavy atom. The standard InChI is InChI=1S/C16H18BrN/c1-11-3-8-15(12(2)9-11)16(18)10-13-4-6-14(17)7-5-13/h3-9,16H,10,18H2,1-2H3. The summed E-state index contributed by atoms with van der Waals surface area (Å²) in [5.74, 6) is 0. The Kier molecular flexibility index (Phi) is 4.20. The molecule has 0 saturated carbocycles. The van der Waals surface area contributed by atoms with Gasteiger partial charge in [-0.25, -0.2) is 0 Å². The van der Waals surface area contributed by atoms with E-state index in [1.165, 1.54) is 22.3 Å². The number of benzene rings is 2. The van der Waals surface area contributed by atoms with Crippen molar-refractivity contribution in [3.8, 4) is 0 Å². The molecule has 0 amide bonds. The van der Waals surface area contributed by atoms with Gasteiger partial charge in [-0.2, -0.15) is 0 Å². The summed E-state index contributed by atoms with van der Waals surface area (Å²) in [7, 11) is 0. The molecule has 1 unspecified atom stereocenters. The molecule has 0 aliphatic rings. The van der Waals surface area contributed by atoms with Crippen molar-refractivity contribution in [3.63, 3.8) is 0 Å². The highest BCUT2D eigenvalue weighted by Crippen LogP contribution is 2.21. The molecule has 0 radical (unpaired) electrons. The molecule has 2 rings (SSSR count). The number of hydrogen-bond acceptors (Lipinski definition) is 1. The lowest BCUT2D eigenvalue weighted by Crippen LogP contribution is -2.14. The van der Waals surface area contributed by atoms with Gasteiger partial charge in [0.05, 0.1) is 0 Å². The molecule has 0 fully saturated rings. The van der Waals surface area contributed by atoms with Crippen LogP contribution < -0.4 is 5.73 Å². The van der Waals surface area contributed by atoms with Crippen molar-refractivity contribution >= 4 is 15.9 Å². The first kappa shape index (κ1) is 13.3. The maximum absolute atomic E-state index is 6.30. The SMILES string of the molecule is Cc1ccc(C(N)Cc2ccc(Br)cc2)c(C)c1. The normalized spacial score (nSPS) is 12.4. The van der Waals surface area contributed by atoms with E-state index < -0.39 is 0 Å². The van der Waals surface area contributed by atoms with Crippen LogP contribution in [0.1, 0.15) is 28.3 Å². The van der Waals surface area contributed by atoms with Gasteiger partial charge in [0.15, 0.2) is 0 Å².